The molecular formula is C28H18N2O5. The van der Waals surface area contributed by atoms with Crippen molar-refractivity contribution < 1.29 is 23.9 Å². The number of benzene rings is 3. The Morgan fingerprint density at radius 2 is 1.49 bits per heavy atom. The molecule has 1 aromatic heterocycles. The lowest BCUT2D eigenvalue weighted by Gasteiger charge is -2.18. The highest BCUT2D eigenvalue weighted by Crippen LogP contribution is 2.29. The molecule has 0 fully saturated rings. The van der Waals surface area contributed by atoms with Gasteiger partial charge in [0.25, 0.3) is 5.91 Å². The molecule has 0 atom stereocenters. The van der Waals surface area contributed by atoms with Crippen molar-refractivity contribution in [1.29, 1.82) is 0 Å². The number of nitrogens with one attached hydrogen (secondary N) is 1. The minimum absolute atomic E-state index is 0.217. The fourth-order valence-electron chi connectivity index (χ4n) is 3.89. The molecule has 1 amide bonds. The lowest BCUT2D eigenvalue weighted by atomic mass is 9.84. The van der Waals surface area contributed by atoms with Gasteiger partial charge in [0.15, 0.2) is 18.2 Å². The second-order valence-electron chi connectivity index (χ2n) is 7.88. The predicted octanol–water partition coefficient (Wildman–Crippen LogP) is 4.21. The molecule has 1 aliphatic rings. The second kappa shape index (κ2) is 9.15. The Bertz CT molecular complexity index is 1550. The quantitative estimate of drug-likeness (QED) is 0.310. The van der Waals surface area contributed by atoms with Gasteiger partial charge in [0.05, 0.1) is 11.2 Å². The topological polar surface area (TPSA) is 102 Å². The molecule has 0 bridgehead atoms. The molecule has 0 aliphatic heterocycles. The zero-order valence-electron chi connectivity index (χ0n) is 18.4. The number of carbonyl (C=O) groups excluding carboxylic acids is 4. The summed E-state index contributed by atoms with van der Waals surface area (Å²) in [6, 6.07) is 22.4. The third kappa shape index (κ3) is 4.47. The molecule has 5 rings (SSSR count). The zero-order valence-corrected chi connectivity index (χ0v) is 18.4. The lowest BCUT2D eigenvalue weighted by Crippen LogP contribution is -2.23. The van der Waals surface area contributed by atoms with Crippen LogP contribution in [0.2, 0.25) is 0 Å². The first-order chi connectivity index (χ1) is 17.0. The molecule has 3 aromatic carbocycles. The maximum absolute atomic E-state index is 12.8. The first kappa shape index (κ1) is 21.9. The van der Waals surface area contributed by atoms with Crippen molar-refractivity contribution >= 4 is 46.1 Å². The molecular weight excluding hydrogens is 444 g/mol. The second-order valence-corrected chi connectivity index (χ2v) is 7.88. The van der Waals surface area contributed by atoms with E-state index in [0.717, 1.165) is 10.9 Å². The maximum atomic E-state index is 12.8. The van der Waals surface area contributed by atoms with Crippen LogP contribution in [0, 0.1) is 0 Å². The Labute approximate surface area is 200 Å². The molecule has 0 radical (unpaired) electrons. The van der Waals surface area contributed by atoms with E-state index in [1.165, 1.54) is 30.4 Å². The van der Waals surface area contributed by atoms with Gasteiger partial charge >= 0.3 is 5.97 Å². The van der Waals surface area contributed by atoms with Crippen LogP contribution in [-0.4, -0.2) is 35.0 Å². The molecule has 0 unspecified atom stereocenters. The Morgan fingerprint density at radius 3 is 2.29 bits per heavy atom. The molecule has 1 N–H and O–H groups in total. The normalized spacial score (nSPS) is 12.3. The Kier molecular flexibility index (Phi) is 5.73. The smallest absolute Gasteiger partial charge is 0.331 e. The van der Waals surface area contributed by atoms with Crippen molar-refractivity contribution in [1.82, 2.24) is 4.98 Å². The van der Waals surface area contributed by atoms with Gasteiger partial charge in [0.1, 0.15) is 0 Å². The number of ketones is 2. The number of pyridine rings is 1. The number of nitrogens with zero attached hydrogens (tertiary/aromatic N) is 1. The number of fused-ring (bicyclic) bond motifs is 3. The number of rotatable bonds is 5. The fraction of sp³-hybridized carbons (Fsp3) is 0.0357. The Balaban J connectivity index is 1.20. The van der Waals surface area contributed by atoms with E-state index >= 15 is 0 Å². The van der Waals surface area contributed by atoms with Gasteiger partial charge in [-0.25, -0.2) is 9.78 Å². The van der Waals surface area contributed by atoms with E-state index in [1.807, 2.05) is 30.3 Å². The van der Waals surface area contributed by atoms with Crippen LogP contribution in [0.25, 0.3) is 17.0 Å². The van der Waals surface area contributed by atoms with E-state index in [0.29, 0.717) is 22.5 Å². The summed E-state index contributed by atoms with van der Waals surface area (Å²) in [5.74, 6) is -1.80. The van der Waals surface area contributed by atoms with Crippen molar-refractivity contribution in [3.05, 3.63) is 113 Å². The molecule has 170 valence electrons. The largest absolute Gasteiger partial charge is 0.452 e. The highest BCUT2D eigenvalue weighted by atomic mass is 16.5. The minimum Gasteiger partial charge on any atom is -0.452 e. The molecule has 1 heterocycles. The van der Waals surface area contributed by atoms with Crippen molar-refractivity contribution in [3.8, 4) is 0 Å². The molecule has 1 aliphatic carbocycles. The van der Waals surface area contributed by atoms with E-state index < -0.39 is 18.5 Å². The Hall–Kier alpha value is -4.91. The molecule has 0 saturated heterocycles. The number of para-hydroxylation sites is 1. The van der Waals surface area contributed by atoms with E-state index in [4.69, 9.17) is 4.74 Å². The number of hydrogen-bond donors (Lipinski definition) is 1. The van der Waals surface area contributed by atoms with E-state index in [9.17, 15) is 19.2 Å². The summed E-state index contributed by atoms with van der Waals surface area (Å²) in [4.78, 5) is 54.2. The van der Waals surface area contributed by atoms with Gasteiger partial charge in [-0.2, -0.15) is 0 Å². The number of esters is 1. The van der Waals surface area contributed by atoms with Crippen LogP contribution in [0.15, 0.2) is 84.9 Å². The highest BCUT2D eigenvalue weighted by molar-refractivity contribution is 6.28. The monoisotopic (exact) mass is 462 g/mol. The first-order valence-electron chi connectivity index (χ1n) is 10.8. The van der Waals surface area contributed by atoms with Crippen molar-refractivity contribution in [2.24, 2.45) is 0 Å². The third-order valence-corrected chi connectivity index (χ3v) is 5.56. The average Bonchev–Trinajstić information content (AvgIpc) is 2.89. The summed E-state index contributed by atoms with van der Waals surface area (Å²) in [5, 5.41) is 3.57. The van der Waals surface area contributed by atoms with Crippen molar-refractivity contribution in [2.75, 3.05) is 11.9 Å². The van der Waals surface area contributed by atoms with Crippen LogP contribution >= 0.6 is 0 Å². The minimum atomic E-state index is -0.696. The molecule has 0 spiro atoms. The van der Waals surface area contributed by atoms with Gasteiger partial charge in [-0.1, -0.05) is 48.5 Å². The van der Waals surface area contributed by atoms with Crippen LogP contribution < -0.4 is 5.32 Å². The molecule has 4 aromatic rings. The summed E-state index contributed by atoms with van der Waals surface area (Å²) >= 11 is 0. The van der Waals surface area contributed by atoms with Gasteiger partial charge in [0, 0.05) is 39.4 Å². The molecule has 35 heavy (non-hydrogen) atoms. The summed E-state index contributed by atoms with van der Waals surface area (Å²) in [5.41, 5.74) is 2.90. The molecule has 7 heteroatoms. The van der Waals surface area contributed by atoms with Gasteiger partial charge < -0.3 is 10.1 Å². The number of carbonyl (C=O) groups is 4. The van der Waals surface area contributed by atoms with Crippen LogP contribution in [0.1, 0.15) is 37.5 Å². The Morgan fingerprint density at radius 1 is 0.800 bits per heavy atom. The summed E-state index contributed by atoms with van der Waals surface area (Å²) in [7, 11) is 0. The third-order valence-electron chi connectivity index (χ3n) is 5.56. The van der Waals surface area contributed by atoms with Gasteiger partial charge in [0.2, 0.25) is 0 Å². The first-order valence-corrected chi connectivity index (χ1v) is 10.8. The van der Waals surface area contributed by atoms with Gasteiger partial charge in [-0.3, -0.25) is 14.4 Å². The predicted molar refractivity (Wildman–Crippen MR) is 130 cm³/mol. The fourth-order valence-corrected chi connectivity index (χ4v) is 3.89. The highest BCUT2D eigenvalue weighted by Gasteiger charge is 2.29. The standard InChI is InChI=1S/C28H18N2O5/c31-25(16-35-26(32)14-12-18-10-9-17-5-1-4-8-24(17)29-18)30-19-11-13-22-23(15-19)28(34)21-7-3-2-6-20(21)27(22)33/h1-15H,16H2,(H,30,31)/b14-12+. The number of ether oxygens (including phenoxy) is 1. The van der Waals surface area contributed by atoms with Crippen molar-refractivity contribution in [2.45, 2.75) is 0 Å². The van der Waals surface area contributed by atoms with Crippen LogP contribution in [0.4, 0.5) is 5.69 Å². The maximum Gasteiger partial charge on any atom is 0.331 e. The lowest BCUT2D eigenvalue weighted by molar-refractivity contribution is -0.142. The molecule has 0 saturated carbocycles. The SMILES string of the molecule is O=C(COC(=O)/C=C/c1ccc2ccccc2n1)Nc1ccc2c(c1)C(=O)c1ccccc1C2=O. The van der Waals surface area contributed by atoms with Crippen LogP contribution in [-0.2, 0) is 14.3 Å². The average molecular weight is 462 g/mol. The summed E-state index contributed by atoms with van der Waals surface area (Å²) in [6.07, 6.45) is 2.71. The van der Waals surface area contributed by atoms with E-state index in [2.05, 4.69) is 10.3 Å². The zero-order chi connectivity index (χ0) is 24.4. The van der Waals surface area contributed by atoms with Gasteiger partial charge in [-0.15, -0.1) is 0 Å². The van der Waals surface area contributed by atoms with E-state index in [1.54, 1.807) is 30.3 Å². The van der Waals surface area contributed by atoms with E-state index in [-0.39, 0.29) is 22.7 Å². The number of amides is 1. The summed E-state index contributed by atoms with van der Waals surface area (Å²) < 4.78 is 5.00. The molecule has 7 nitrogen and oxygen atoms in total. The van der Waals surface area contributed by atoms with Crippen LogP contribution in [0.5, 0.6) is 0 Å². The number of aromatic nitrogens is 1. The summed E-state index contributed by atoms with van der Waals surface area (Å²) in [6.45, 7) is -0.513. The van der Waals surface area contributed by atoms with Crippen LogP contribution in [0.3, 0.4) is 0 Å². The van der Waals surface area contributed by atoms with Crippen molar-refractivity contribution in [3.63, 3.8) is 0 Å². The number of anilines is 1. The number of hydrogen-bond acceptors (Lipinski definition) is 6. The van der Waals surface area contributed by atoms with Gasteiger partial charge in [-0.05, 0) is 36.4 Å².